The van der Waals surface area contributed by atoms with E-state index in [1.54, 1.807) is 19.2 Å². The number of likely N-dealkylation sites (N-methyl/N-ethyl adjacent to an activating group) is 1. The van der Waals surface area contributed by atoms with Crippen molar-refractivity contribution in [3.63, 3.8) is 0 Å². The topological polar surface area (TPSA) is 35.5 Å². The highest BCUT2D eigenvalue weighted by molar-refractivity contribution is 5.92. The van der Waals surface area contributed by atoms with Crippen LogP contribution in [0.25, 0.3) is 0 Å². The molecule has 0 aromatic heterocycles. The first-order valence-corrected chi connectivity index (χ1v) is 7.86. The average molecular weight is 292 g/mol. The van der Waals surface area contributed by atoms with Crippen LogP contribution in [0.4, 0.5) is 0 Å². The quantitative estimate of drug-likeness (QED) is 0.597. The molecule has 0 bridgehead atoms. The van der Waals surface area contributed by atoms with E-state index in [0.29, 0.717) is 17.9 Å². The van der Waals surface area contributed by atoms with E-state index in [9.17, 15) is 4.79 Å². The molecule has 1 aliphatic rings. The number of hydrogen-bond acceptors (Lipinski definition) is 3. The molecule has 116 valence electrons. The Morgan fingerprint density at radius 3 is 2.57 bits per heavy atom. The largest absolute Gasteiger partial charge is 0.496 e. The third-order valence-electron chi connectivity index (χ3n) is 4.56. The van der Waals surface area contributed by atoms with Crippen LogP contribution in [0.1, 0.15) is 36.5 Å². The lowest BCUT2D eigenvalue weighted by molar-refractivity contribution is -0.930. The molecule has 0 saturated carbocycles. The fourth-order valence-electron chi connectivity index (χ4n) is 3.10. The van der Waals surface area contributed by atoms with Gasteiger partial charge in [-0.05, 0) is 38.3 Å². The van der Waals surface area contributed by atoms with Gasteiger partial charge in [-0.25, -0.2) is 4.79 Å². The van der Waals surface area contributed by atoms with Crippen LogP contribution in [-0.4, -0.2) is 50.3 Å². The van der Waals surface area contributed by atoms with Crippen LogP contribution in [0.15, 0.2) is 24.3 Å². The maximum atomic E-state index is 12.1. The van der Waals surface area contributed by atoms with Gasteiger partial charge >= 0.3 is 5.97 Å². The number of hydrogen-bond donors (Lipinski definition) is 0. The van der Waals surface area contributed by atoms with Crippen molar-refractivity contribution in [2.45, 2.75) is 26.2 Å². The molecule has 0 atom stereocenters. The maximum Gasteiger partial charge on any atom is 0.342 e. The minimum atomic E-state index is -0.293. The summed E-state index contributed by atoms with van der Waals surface area (Å²) in [5.74, 6) is 0.276. The van der Waals surface area contributed by atoms with Gasteiger partial charge in [0.05, 0.1) is 26.7 Å². The average Bonchev–Trinajstić information content (AvgIpc) is 2.55. The van der Waals surface area contributed by atoms with Crippen LogP contribution < -0.4 is 4.74 Å². The number of likely N-dealkylation sites (tertiary alicyclic amines) is 1. The van der Waals surface area contributed by atoms with Crippen LogP contribution in [0.3, 0.4) is 0 Å². The zero-order valence-corrected chi connectivity index (χ0v) is 13.1. The van der Waals surface area contributed by atoms with Gasteiger partial charge in [0.2, 0.25) is 0 Å². The first-order valence-electron chi connectivity index (χ1n) is 7.86. The standard InChI is InChI=1S/C17H26NO3/c1-3-18(11-7-4-8-12-18)13-14-21-17(19)15-9-5-6-10-16(15)20-2/h5-6,9-10H,3-4,7-8,11-14H2,1-2H3/q+1. The molecule has 1 aromatic rings. The van der Waals surface area contributed by atoms with E-state index in [1.165, 1.54) is 32.4 Å². The summed E-state index contributed by atoms with van der Waals surface area (Å²) in [5, 5.41) is 0. The molecule has 4 nitrogen and oxygen atoms in total. The van der Waals surface area contributed by atoms with Crippen LogP contribution >= 0.6 is 0 Å². The Morgan fingerprint density at radius 1 is 1.19 bits per heavy atom. The maximum absolute atomic E-state index is 12.1. The van der Waals surface area contributed by atoms with E-state index >= 15 is 0 Å². The summed E-state index contributed by atoms with van der Waals surface area (Å²) < 4.78 is 11.7. The Hall–Kier alpha value is -1.55. The lowest BCUT2D eigenvalue weighted by Gasteiger charge is -2.40. The summed E-state index contributed by atoms with van der Waals surface area (Å²) in [4.78, 5) is 12.1. The van der Waals surface area contributed by atoms with Crippen molar-refractivity contribution in [2.24, 2.45) is 0 Å². The monoisotopic (exact) mass is 292 g/mol. The van der Waals surface area contributed by atoms with Gasteiger partial charge in [-0.3, -0.25) is 0 Å². The van der Waals surface area contributed by atoms with Gasteiger partial charge < -0.3 is 14.0 Å². The number of nitrogens with zero attached hydrogens (tertiary/aromatic N) is 1. The molecule has 0 radical (unpaired) electrons. The van der Waals surface area contributed by atoms with Gasteiger partial charge in [0.1, 0.15) is 24.5 Å². The molecular formula is C17H26NO3+. The van der Waals surface area contributed by atoms with Crippen molar-refractivity contribution in [3.8, 4) is 5.75 Å². The number of rotatable bonds is 6. The first-order chi connectivity index (χ1) is 10.2. The number of quaternary nitrogens is 1. The Bertz CT molecular complexity index is 467. The number of ether oxygens (including phenoxy) is 2. The molecule has 4 heteroatoms. The number of benzene rings is 1. The second kappa shape index (κ2) is 7.46. The van der Waals surface area contributed by atoms with Crippen molar-refractivity contribution in [1.29, 1.82) is 0 Å². The van der Waals surface area contributed by atoms with Gasteiger partial charge in [0, 0.05) is 0 Å². The molecular weight excluding hydrogens is 266 g/mol. The predicted molar refractivity (Wildman–Crippen MR) is 82.5 cm³/mol. The van der Waals surface area contributed by atoms with E-state index in [1.807, 2.05) is 12.1 Å². The molecule has 1 saturated heterocycles. The Labute approximate surface area is 127 Å². The summed E-state index contributed by atoms with van der Waals surface area (Å²) in [6.07, 6.45) is 3.91. The highest BCUT2D eigenvalue weighted by Gasteiger charge is 2.28. The van der Waals surface area contributed by atoms with Gasteiger partial charge in [0.15, 0.2) is 0 Å². The Kier molecular flexibility index (Phi) is 5.62. The molecule has 0 amide bonds. The van der Waals surface area contributed by atoms with Gasteiger partial charge in [-0.1, -0.05) is 12.1 Å². The van der Waals surface area contributed by atoms with E-state index in [0.717, 1.165) is 17.6 Å². The second-order valence-electron chi connectivity index (χ2n) is 5.73. The van der Waals surface area contributed by atoms with Crippen molar-refractivity contribution in [1.82, 2.24) is 0 Å². The Balaban J connectivity index is 1.89. The zero-order chi connectivity index (χ0) is 15.1. The van der Waals surface area contributed by atoms with Crippen LogP contribution in [0, 0.1) is 0 Å². The number of piperidine rings is 1. The van der Waals surface area contributed by atoms with E-state index < -0.39 is 0 Å². The predicted octanol–water partition coefficient (Wildman–Crippen LogP) is 2.87. The number of carbonyl (C=O) groups excluding carboxylic acids is 1. The fraction of sp³-hybridized carbons (Fsp3) is 0.588. The van der Waals surface area contributed by atoms with Gasteiger partial charge in [-0.15, -0.1) is 0 Å². The molecule has 2 rings (SSSR count). The molecule has 1 aliphatic heterocycles. The molecule has 0 aliphatic carbocycles. The first kappa shape index (κ1) is 15.8. The molecule has 0 spiro atoms. The molecule has 1 heterocycles. The molecule has 0 unspecified atom stereocenters. The van der Waals surface area contributed by atoms with Crippen molar-refractivity contribution < 1.29 is 18.8 Å². The van der Waals surface area contributed by atoms with Gasteiger partial charge in [-0.2, -0.15) is 0 Å². The minimum absolute atomic E-state index is 0.293. The number of methoxy groups -OCH3 is 1. The third-order valence-corrected chi connectivity index (χ3v) is 4.56. The van der Waals surface area contributed by atoms with Gasteiger partial charge in [0.25, 0.3) is 0 Å². The Morgan fingerprint density at radius 2 is 1.90 bits per heavy atom. The van der Waals surface area contributed by atoms with Crippen LogP contribution in [-0.2, 0) is 4.74 Å². The van der Waals surface area contributed by atoms with Crippen molar-refractivity contribution in [3.05, 3.63) is 29.8 Å². The van der Waals surface area contributed by atoms with Crippen molar-refractivity contribution >= 4 is 5.97 Å². The van der Waals surface area contributed by atoms with E-state index in [-0.39, 0.29) is 5.97 Å². The summed E-state index contributed by atoms with van der Waals surface area (Å²) in [7, 11) is 1.57. The summed E-state index contributed by atoms with van der Waals surface area (Å²) in [6.45, 7) is 7.16. The third kappa shape index (κ3) is 3.97. The van der Waals surface area contributed by atoms with E-state index in [4.69, 9.17) is 9.47 Å². The summed E-state index contributed by atoms with van der Waals surface area (Å²) >= 11 is 0. The molecule has 0 N–H and O–H groups in total. The summed E-state index contributed by atoms with van der Waals surface area (Å²) in [5.41, 5.74) is 0.502. The highest BCUT2D eigenvalue weighted by Crippen LogP contribution is 2.20. The number of esters is 1. The van der Waals surface area contributed by atoms with Crippen LogP contribution in [0.2, 0.25) is 0 Å². The zero-order valence-electron chi connectivity index (χ0n) is 13.1. The van der Waals surface area contributed by atoms with E-state index in [2.05, 4.69) is 6.92 Å². The molecule has 1 fully saturated rings. The second-order valence-corrected chi connectivity index (χ2v) is 5.73. The molecule has 21 heavy (non-hydrogen) atoms. The van der Waals surface area contributed by atoms with Crippen LogP contribution in [0.5, 0.6) is 5.75 Å². The normalized spacial score (nSPS) is 17.2. The smallest absolute Gasteiger partial charge is 0.342 e. The lowest BCUT2D eigenvalue weighted by Crippen LogP contribution is -2.53. The van der Waals surface area contributed by atoms with Crippen molar-refractivity contribution in [2.75, 3.05) is 39.9 Å². The molecule has 1 aromatic carbocycles. The fourth-order valence-corrected chi connectivity index (χ4v) is 3.10. The number of para-hydroxylation sites is 1. The summed E-state index contributed by atoms with van der Waals surface area (Å²) in [6, 6.07) is 7.19. The SMILES string of the molecule is CC[N+]1(CCOC(=O)c2ccccc2OC)CCCCC1. The lowest BCUT2D eigenvalue weighted by atomic mass is 10.1. The minimum Gasteiger partial charge on any atom is -0.496 e. The number of carbonyl (C=O) groups is 1. The highest BCUT2D eigenvalue weighted by atomic mass is 16.5.